The van der Waals surface area contributed by atoms with Gasteiger partial charge in [0, 0.05) is 6.08 Å². The molecule has 2 N–H and O–H groups in total. The van der Waals surface area contributed by atoms with E-state index in [0.29, 0.717) is 5.75 Å². The third-order valence-corrected chi connectivity index (χ3v) is 3.95. The molecule has 0 radical (unpaired) electrons. The molecule has 0 aliphatic carbocycles. The minimum atomic E-state index is -0.118. The van der Waals surface area contributed by atoms with E-state index < -0.39 is 0 Å². The van der Waals surface area contributed by atoms with Crippen molar-refractivity contribution in [3.63, 3.8) is 0 Å². The largest absolute Gasteiger partial charge is 0.454 e. The number of carbonyl (C=O) groups excluding carboxylic acids is 1. The Kier molecular flexibility index (Phi) is 5.36. The number of hydrogen-bond donors (Lipinski definition) is 2. The van der Waals surface area contributed by atoms with Crippen molar-refractivity contribution in [2.45, 2.75) is 6.04 Å². The van der Waals surface area contributed by atoms with Crippen LogP contribution in [0.25, 0.3) is 6.08 Å². The molecule has 0 bridgehead atoms. The number of fused-ring (bicyclic) bond motifs is 1. The SMILES string of the molecule is C[NH+](C)C[C@@H](NC(=O)/C=C/c1ccc2c(c1)OCO2)c1ccccc1. The number of quaternary nitrogens is 1. The van der Waals surface area contributed by atoms with E-state index in [4.69, 9.17) is 9.47 Å². The van der Waals surface area contributed by atoms with Crippen LogP contribution in [0.15, 0.2) is 54.6 Å². The topological polar surface area (TPSA) is 52.0 Å². The summed E-state index contributed by atoms with van der Waals surface area (Å²) in [5.74, 6) is 1.33. The summed E-state index contributed by atoms with van der Waals surface area (Å²) in [4.78, 5) is 13.6. The predicted octanol–water partition coefficient (Wildman–Crippen LogP) is 1.43. The van der Waals surface area contributed by atoms with Crippen LogP contribution in [0.1, 0.15) is 17.2 Å². The van der Waals surface area contributed by atoms with Crippen LogP contribution in [0.3, 0.4) is 0 Å². The van der Waals surface area contributed by atoms with Crippen LogP contribution in [0.2, 0.25) is 0 Å². The molecule has 0 unspecified atom stereocenters. The lowest BCUT2D eigenvalue weighted by Crippen LogP contribution is -3.06. The van der Waals surface area contributed by atoms with Crippen LogP contribution in [0.4, 0.5) is 0 Å². The quantitative estimate of drug-likeness (QED) is 0.783. The molecular weight excluding hydrogens is 316 g/mol. The molecular formula is C20H23N2O3+. The summed E-state index contributed by atoms with van der Waals surface area (Å²) in [7, 11) is 4.15. The zero-order chi connectivity index (χ0) is 17.6. The maximum absolute atomic E-state index is 12.4. The number of nitrogens with one attached hydrogen (secondary N) is 2. The molecule has 25 heavy (non-hydrogen) atoms. The summed E-state index contributed by atoms with van der Waals surface area (Å²) in [5.41, 5.74) is 2.00. The highest BCUT2D eigenvalue weighted by Gasteiger charge is 2.16. The van der Waals surface area contributed by atoms with Gasteiger partial charge in [-0.25, -0.2) is 0 Å². The molecule has 0 aromatic heterocycles. The van der Waals surface area contributed by atoms with E-state index in [2.05, 4.69) is 19.4 Å². The summed E-state index contributed by atoms with van der Waals surface area (Å²) < 4.78 is 10.6. The molecule has 3 rings (SSSR count). The lowest BCUT2D eigenvalue weighted by atomic mass is 10.1. The average molecular weight is 339 g/mol. The highest BCUT2D eigenvalue weighted by molar-refractivity contribution is 5.92. The normalized spacial score (nSPS) is 14.0. The van der Waals surface area contributed by atoms with E-state index in [1.807, 2.05) is 48.5 Å². The predicted molar refractivity (Wildman–Crippen MR) is 96.6 cm³/mol. The number of rotatable bonds is 6. The van der Waals surface area contributed by atoms with Gasteiger partial charge in [-0.1, -0.05) is 36.4 Å². The number of benzene rings is 2. The lowest BCUT2D eigenvalue weighted by Gasteiger charge is -2.20. The molecule has 1 heterocycles. The Morgan fingerprint density at radius 2 is 1.92 bits per heavy atom. The third-order valence-electron chi connectivity index (χ3n) is 3.95. The zero-order valence-corrected chi connectivity index (χ0v) is 14.5. The standard InChI is InChI=1S/C20H22N2O3/c1-22(2)13-17(16-6-4-3-5-7-16)21-20(23)11-9-15-8-10-18-19(12-15)25-14-24-18/h3-12,17H,13-14H2,1-2H3,(H,21,23)/p+1/b11-9+/t17-/m1/s1. The van der Waals surface area contributed by atoms with Crippen LogP contribution in [0, 0.1) is 0 Å². The van der Waals surface area contributed by atoms with E-state index in [0.717, 1.165) is 23.4 Å². The lowest BCUT2D eigenvalue weighted by molar-refractivity contribution is -0.860. The fourth-order valence-electron chi connectivity index (χ4n) is 2.75. The number of carbonyl (C=O) groups is 1. The fraction of sp³-hybridized carbons (Fsp3) is 0.250. The van der Waals surface area contributed by atoms with Crippen LogP contribution in [-0.2, 0) is 4.79 Å². The molecule has 5 nitrogen and oxygen atoms in total. The van der Waals surface area contributed by atoms with Gasteiger partial charge in [0.25, 0.3) is 0 Å². The molecule has 1 amide bonds. The van der Waals surface area contributed by atoms with Gasteiger partial charge in [-0.15, -0.1) is 0 Å². The minimum absolute atomic E-state index is 0.0277. The summed E-state index contributed by atoms with van der Waals surface area (Å²) in [6.45, 7) is 1.06. The summed E-state index contributed by atoms with van der Waals surface area (Å²) >= 11 is 0. The maximum atomic E-state index is 12.4. The Morgan fingerprint density at radius 3 is 2.68 bits per heavy atom. The number of likely N-dealkylation sites (N-methyl/N-ethyl adjacent to an activating group) is 1. The van der Waals surface area contributed by atoms with Crippen LogP contribution < -0.4 is 19.7 Å². The first-order valence-electron chi connectivity index (χ1n) is 8.34. The Morgan fingerprint density at radius 1 is 1.16 bits per heavy atom. The van der Waals surface area contributed by atoms with Gasteiger partial charge in [-0.2, -0.15) is 0 Å². The number of amides is 1. The number of hydrogen-bond acceptors (Lipinski definition) is 3. The van der Waals surface area contributed by atoms with Crippen LogP contribution >= 0.6 is 0 Å². The van der Waals surface area contributed by atoms with Crippen molar-refractivity contribution in [3.8, 4) is 11.5 Å². The number of ether oxygens (including phenoxy) is 2. The van der Waals surface area contributed by atoms with E-state index in [1.165, 1.54) is 4.90 Å². The fourth-order valence-corrected chi connectivity index (χ4v) is 2.75. The zero-order valence-electron chi connectivity index (χ0n) is 14.5. The molecule has 2 aromatic carbocycles. The Balaban J connectivity index is 1.67. The molecule has 0 saturated carbocycles. The molecule has 130 valence electrons. The maximum Gasteiger partial charge on any atom is 0.244 e. The Labute approximate surface area is 147 Å². The van der Waals surface area contributed by atoms with Crippen molar-refractivity contribution < 1.29 is 19.2 Å². The molecule has 1 aliphatic heterocycles. The van der Waals surface area contributed by atoms with Gasteiger partial charge in [-0.3, -0.25) is 4.79 Å². The summed E-state index contributed by atoms with van der Waals surface area (Å²) in [6, 6.07) is 15.6. The van der Waals surface area contributed by atoms with Crippen LogP contribution in [0.5, 0.6) is 11.5 Å². The second-order valence-electron chi connectivity index (χ2n) is 6.33. The van der Waals surface area contributed by atoms with E-state index in [-0.39, 0.29) is 18.7 Å². The van der Waals surface area contributed by atoms with Crippen LogP contribution in [-0.4, -0.2) is 33.3 Å². The van der Waals surface area contributed by atoms with Gasteiger partial charge in [0.2, 0.25) is 12.7 Å². The van der Waals surface area contributed by atoms with Crippen molar-refractivity contribution in [1.29, 1.82) is 0 Å². The van der Waals surface area contributed by atoms with Gasteiger partial charge < -0.3 is 19.7 Å². The molecule has 1 aliphatic rings. The third kappa shape index (κ3) is 4.61. The van der Waals surface area contributed by atoms with E-state index in [1.54, 1.807) is 12.2 Å². The van der Waals surface area contributed by atoms with E-state index >= 15 is 0 Å². The minimum Gasteiger partial charge on any atom is -0.454 e. The van der Waals surface area contributed by atoms with Gasteiger partial charge in [0.15, 0.2) is 11.5 Å². The second kappa shape index (κ2) is 7.85. The molecule has 1 atom stereocenters. The molecule has 2 aromatic rings. The van der Waals surface area contributed by atoms with Gasteiger partial charge >= 0.3 is 0 Å². The molecule has 0 saturated heterocycles. The van der Waals surface area contributed by atoms with Crippen molar-refractivity contribution in [3.05, 3.63) is 65.7 Å². The van der Waals surface area contributed by atoms with Crippen molar-refractivity contribution >= 4 is 12.0 Å². The van der Waals surface area contributed by atoms with Crippen molar-refractivity contribution in [1.82, 2.24) is 5.32 Å². The van der Waals surface area contributed by atoms with Crippen molar-refractivity contribution in [2.75, 3.05) is 27.4 Å². The molecule has 0 spiro atoms. The second-order valence-corrected chi connectivity index (χ2v) is 6.33. The summed E-state index contributed by atoms with van der Waals surface area (Å²) in [5, 5.41) is 3.08. The molecule has 5 heteroatoms. The Hall–Kier alpha value is -2.79. The highest BCUT2D eigenvalue weighted by Crippen LogP contribution is 2.32. The smallest absolute Gasteiger partial charge is 0.244 e. The first kappa shape index (κ1) is 17.0. The van der Waals surface area contributed by atoms with E-state index in [9.17, 15) is 4.79 Å². The summed E-state index contributed by atoms with van der Waals surface area (Å²) in [6.07, 6.45) is 3.33. The first-order valence-corrected chi connectivity index (χ1v) is 8.34. The average Bonchev–Trinajstić information content (AvgIpc) is 3.07. The van der Waals surface area contributed by atoms with Gasteiger partial charge in [0.05, 0.1) is 14.1 Å². The molecule has 0 fully saturated rings. The van der Waals surface area contributed by atoms with Gasteiger partial charge in [0.1, 0.15) is 12.6 Å². The Bertz CT molecular complexity index is 757. The van der Waals surface area contributed by atoms with Crippen molar-refractivity contribution in [2.24, 2.45) is 0 Å². The highest BCUT2D eigenvalue weighted by atomic mass is 16.7. The van der Waals surface area contributed by atoms with Gasteiger partial charge in [-0.05, 0) is 29.3 Å². The monoisotopic (exact) mass is 339 g/mol. The first-order chi connectivity index (χ1) is 12.1.